The largest absolute Gasteiger partial charge is 0.368 e. The molecule has 2 aliphatic rings. The summed E-state index contributed by atoms with van der Waals surface area (Å²) < 4.78 is 5.65. The lowest BCUT2D eigenvalue weighted by Gasteiger charge is -2.40. The minimum absolute atomic E-state index is 0.163. The number of fused-ring (bicyclic) bond motifs is 1. The van der Waals surface area contributed by atoms with Crippen LogP contribution < -0.4 is 5.32 Å². The second-order valence-corrected chi connectivity index (χ2v) is 5.69. The second-order valence-electron chi connectivity index (χ2n) is 5.69. The van der Waals surface area contributed by atoms with E-state index in [0.717, 1.165) is 38.9 Å². The van der Waals surface area contributed by atoms with Crippen molar-refractivity contribution < 1.29 is 9.53 Å². The van der Waals surface area contributed by atoms with E-state index in [-0.39, 0.29) is 5.91 Å². The van der Waals surface area contributed by atoms with Gasteiger partial charge in [-0.3, -0.25) is 4.79 Å². The third kappa shape index (κ3) is 2.34. The second kappa shape index (κ2) is 5.54. The van der Waals surface area contributed by atoms with Gasteiger partial charge in [-0.05, 0) is 43.5 Å². The van der Waals surface area contributed by atoms with Crippen molar-refractivity contribution in [2.45, 2.75) is 31.4 Å². The molecule has 1 aromatic rings. The van der Waals surface area contributed by atoms with Gasteiger partial charge in [-0.2, -0.15) is 0 Å². The number of piperidine rings is 1. The van der Waals surface area contributed by atoms with Crippen LogP contribution in [0.3, 0.4) is 0 Å². The molecule has 0 radical (unpaired) electrons. The zero-order chi connectivity index (χ0) is 14.0. The average molecular weight is 274 g/mol. The number of ether oxygens (including phenoxy) is 1. The van der Waals surface area contributed by atoms with Gasteiger partial charge in [0, 0.05) is 20.2 Å². The summed E-state index contributed by atoms with van der Waals surface area (Å²) in [5.41, 5.74) is 2.03. The first-order chi connectivity index (χ1) is 9.75. The van der Waals surface area contributed by atoms with Crippen LogP contribution in [-0.2, 0) is 22.5 Å². The smallest absolute Gasteiger partial charge is 0.255 e. The van der Waals surface area contributed by atoms with E-state index >= 15 is 0 Å². The number of nitrogens with one attached hydrogen (secondary N) is 1. The first kappa shape index (κ1) is 13.6. The van der Waals surface area contributed by atoms with E-state index in [1.165, 1.54) is 11.1 Å². The molecule has 2 aliphatic heterocycles. The molecule has 0 bridgehead atoms. The summed E-state index contributed by atoms with van der Waals surface area (Å²) in [7, 11) is 1.67. The Morgan fingerprint density at radius 1 is 1.25 bits per heavy atom. The molecule has 2 heterocycles. The highest BCUT2D eigenvalue weighted by molar-refractivity contribution is 5.85. The topological polar surface area (TPSA) is 41.6 Å². The van der Waals surface area contributed by atoms with Crippen LogP contribution >= 0.6 is 0 Å². The van der Waals surface area contributed by atoms with Gasteiger partial charge in [0.25, 0.3) is 5.91 Å². The van der Waals surface area contributed by atoms with Crippen molar-refractivity contribution >= 4 is 5.91 Å². The SMILES string of the molecule is COC1(C(=O)N2CCc3ccccc3C2)CCNCC1. The number of carbonyl (C=O) groups excluding carboxylic acids is 1. The maximum Gasteiger partial charge on any atom is 0.255 e. The maximum absolute atomic E-state index is 12.9. The number of nitrogens with zero attached hydrogens (tertiary/aromatic N) is 1. The van der Waals surface area contributed by atoms with Gasteiger partial charge in [-0.1, -0.05) is 24.3 Å². The molecule has 1 amide bonds. The van der Waals surface area contributed by atoms with Crippen molar-refractivity contribution in [2.75, 3.05) is 26.7 Å². The molecule has 3 rings (SSSR count). The lowest BCUT2D eigenvalue weighted by Crippen LogP contribution is -2.56. The zero-order valence-electron chi connectivity index (χ0n) is 12.0. The molecular weight excluding hydrogens is 252 g/mol. The number of hydrogen-bond acceptors (Lipinski definition) is 3. The first-order valence-electron chi connectivity index (χ1n) is 7.37. The standard InChI is InChI=1S/C16H22N2O2/c1-20-16(7-9-17-10-8-16)15(19)18-11-6-13-4-2-3-5-14(13)12-18/h2-5,17H,6-12H2,1H3. The number of carbonyl (C=O) groups is 1. The molecule has 4 nitrogen and oxygen atoms in total. The summed E-state index contributed by atoms with van der Waals surface area (Å²) in [6.45, 7) is 3.22. The summed E-state index contributed by atoms with van der Waals surface area (Å²) in [6.07, 6.45) is 2.47. The Hall–Kier alpha value is -1.39. The monoisotopic (exact) mass is 274 g/mol. The van der Waals surface area contributed by atoms with Gasteiger partial charge in [0.2, 0.25) is 0 Å². The highest BCUT2D eigenvalue weighted by Crippen LogP contribution is 2.28. The van der Waals surface area contributed by atoms with Crippen LogP contribution in [0.1, 0.15) is 24.0 Å². The Kier molecular flexibility index (Phi) is 3.76. The van der Waals surface area contributed by atoms with E-state index in [1.807, 2.05) is 11.0 Å². The van der Waals surface area contributed by atoms with Crippen LogP contribution in [-0.4, -0.2) is 43.2 Å². The van der Waals surface area contributed by atoms with E-state index in [2.05, 4.69) is 23.5 Å². The molecule has 108 valence electrons. The van der Waals surface area contributed by atoms with E-state index in [0.29, 0.717) is 6.54 Å². The van der Waals surface area contributed by atoms with Crippen LogP contribution in [0.4, 0.5) is 0 Å². The lowest BCUT2D eigenvalue weighted by atomic mass is 9.89. The molecule has 1 N–H and O–H groups in total. The molecule has 20 heavy (non-hydrogen) atoms. The molecule has 1 aromatic carbocycles. The highest BCUT2D eigenvalue weighted by Gasteiger charge is 2.42. The minimum Gasteiger partial charge on any atom is -0.368 e. The predicted molar refractivity (Wildman–Crippen MR) is 77.4 cm³/mol. The molecule has 0 saturated carbocycles. The van der Waals surface area contributed by atoms with E-state index in [9.17, 15) is 4.79 Å². The van der Waals surface area contributed by atoms with Crippen molar-refractivity contribution in [1.29, 1.82) is 0 Å². The quantitative estimate of drug-likeness (QED) is 0.885. The third-order valence-electron chi connectivity index (χ3n) is 4.61. The molecule has 4 heteroatoms. The van der Waals surface area contributed by atoms with Gasteiger partial charge in [0.05, 0.1) is 0 Å². The lowest BCUT2D eigenvalue weighted by molar-refractivity contribution is -0.159. The Balaban J connectivity index is 1.78. The number of methoxy groups -OCH3 is 1. The summed E-state index contributed by atoms with van der Waals surface area (Å²) in [4.78, 5) is 14.9. The van der Waals surface area contributed by atoms with Gasteiger partial charge in [0.15, 0.2) is 0 Å². The van der Waals surface area contributed by atoms with Crippen LogP contribution in [0.2, 0.25) is 0 Å². The number of rotatable bonds is 2. The van der Waals surface area contributed by atoms with E-state index < -0.39 is 5.60 Å². The zero-order valence-corrected chi connectivity index (χ0v) is 12.0. The van der Waals surface area contributed by atoms with Crippen molar-refractivity contribution in [2.24, 2.45) is 0 Å². The molecule has 0 aliphatic carbocycles. The van der Waals surface area contributed by atoms with Crippen molar-refractivity contribution in [3.05, 3.63) is 35.4 Å². The molecular formula is C16H22N2O2. The Morgan fingerprint density at radius 3 is 2.65 bits per heavy atom. The summed E-state index contributed by atoms with van der Waals surface area (Å²) in [6, 6.07) is 8.40. The Morgan fingerprint density at radius 2 is 1.95 bits per heavy atom. The van der Waals surface area contributed by atoms with Gasteiger partial charge < -0.3 is 15.0 Å². The fourth-order valence-electron chi connectivity index (χ4n) is 3.29. The van der Waals surface area contributed by atoms with Gasteiger partial charge >= 0.3 is 0 Å². The summed E-state index contributed by atoms with van der Waals surface area (Å²) >= 11 is 0. The Bertz CT molecular complexity index is 495. The van der Waals surface area contributed by atoms with Crippen LogP contribution in [0, 0.1) is 0 Å². The highest BCUT2D eigenvalue weighted by atomic mass is 16.5. The van der Waals surface area contributed by atoms with Crippen molar-refractivity contribution in [3.63, 3.8) is 0 Å². The fourth-order valence-corrected chi connectivity index (χ4v) is 3.29. The maximum atomic E-state index is 12.9. The number of amides is 1. The third-order valence-corrected chi connectivity index (χ3v) is 4.61. The molecule has 0 atom stereocenters. The van der Waals surface area contributed by atoms with Crippen LogP contribution in [0.15, 0.2) is 24.3 Å². The summed E-state index contributed by atoms with van der Waals surface area (Å²) in [5.74, 6) is 0.163. The molecule has 1 fully saturated rings. The first-order valence-corrected chi connectivity index (χ1v) is 7.37. The van der Waals surface area contributed by atoms with Gasteiger partial charge in [-0.15, -0.1) is 0 Å². The van der Waals surface area contributed by atoms with Crippen molar-refractivity contribution in [3.8, 4) is 0 Å². The molecule has 0 unspecified atom stereocenters. The summed E-state index contributed by atoms with van der Waals surface area (Å²) in [5, 5.41) is 3.30. The average Bonchev–Trinajstić information content (AvgIpc) is 2.54. The minimum atomic E-state index is -0.614. The fraction of sp³-hybridized carbons (Fsp3) is 0.562. The van der Waals surface area contributed by atoms with E-state index in [4.69, 9.17) is 4.74 Å². The Labute approximate surface area is 120 Å². The molecule has 0 spiro atoms. The van der Waals surface area contributed by atoms with E-state index in [1.54, 1.807) is 7.11 Å². The van der Waals surface area contributed by atoms with Crippen LogP contribution in [0.25, 0.3) is 0 Å². The number of benzene rings is 1. The normalized spacial score (nSPS) is 21.4. The molecule has 1 saturated heterocycles. The van der Waals surface area contributed by atoms with Crippen LogP contribution in [0.5, 0.6) is 0 Å². The van der Waals surface area contributed by atoms with Gasteiger partial charge in [0.1, 0.15) is 5.60 Å². The molecule has 0 aromatic heterocycles. The predicted octanol–water partition coefficient (Wildman–Crippen LogP) is 1.34. The van der Waals surface area contributed by atoms with Crippen molar-refractivity contribution in [1.82, 2.24) is 10.2 Å². The van der Waals surface area contributed by atoms with Gasteiger partial charge in [-0.25, -0.2) is 0 Å². The number of hydrogen-bond donors (Lipinski definition) is 1.